The van der Waals surface area contributed by atoms with E-state index in [0.717, 1.165) is 19.0 Å². The zero-order valence-corrected chi connectivity index (χ0v) is 13.8. The van der Waals surface area contributed by atoms with Gasteiger partial charge in [0, 0.05) is 12.1 Å². The van der Waals surface area contributed by atoms with Crippen LogP contribution in [0.4, 0.5) is 8.78 Å². The summed E-state index contributed by atoms with van der Waals surface area (Å²) in [5.74, 6) is -0.447. The van der Waals surface area contributed by atoms with Crippen molar-refractivity contribution in [1.29, 1.82) is 0 Å². The smallest absolute Gasteiger partial charge is 0.129 e. The molecule has 21 heavy (non-hydrogen) atoms. The van der Waals surface area contributed by atoms with E-state index in [1.807, 2.05) is 0 Å². The maximum atomic E-state index is 13.9. The highest BCUT2D eigenvalue weighted by Gasteiger charge is 2.66. The predicted molar refractivity (Wildman–Crippen MR) is 83.2 cm³/mol. The van der Waals surface area contributed by atoms with Gasteiger partial charge in [-0.1, -0.05) is 40.7 Å². The first-order chi connectivity index (χ1) is 9.71. The lowest BCUT2D eigenvalue weighted by atomic mass is 9.96. The Kier molecular flexibility index (Phi) is 4.44. The molecule has 0 bridgehead atoms. The van der Waals surface area contributed by atoms with E-state index in [-0.39, 0.29) is 16.9 Å². The summed E-state index contributed by atoms with van der Waals surface area (Å²) in [6.07, 6.45) is 1.67. The number of benzene rings is 1. The van der Waals surface area contributed by atoms with E-state index in [2.05, 4.69) is 39.9 Å². The summed E-state index contributed by atoms with van der Waals surface area (Å²) in [5, 5.41) is 3.57. The summed E-state index contributed by atoms with van der Waals surface area (Å²) in [5.41, 5.74) is 1.09. The maximum Gasteiger partial charge on any atom is 0.129 e. The van der Waals surface area contributed by atoms with Gasteiger partial charge >= 0.3 is 0 Å². The second-order valence-electron chi connectivity index (χ2n) is 7.42. The topological polar surface area (TPSA) is 12.0 Å². The van der Waals surface area contributed by atoms with Crippen LogP contribution in [0.15, 0.2) is 18.2 Å². The summed E-state index contributed by atoms with van der Waals surface area (Å²) in [6.45, 7) is 12.2. The Balaban J connectivity index is 2.18. The normalized spacial score (nSPS) is 21.3. The fourth-order valence-electron chi connectivity index (χ4n) is 3.82. The first kappa shape index (κ1) is 16.4. The number of hydrogen-bond donors (Lipinski definition) is 1. The maximum absolute atomic E-state index is 13.9. The summed E-state index contributed by atoms with van der Waals surface area (Å²) in [4.78, 5) is 0. The van der Waals surface area contributed by atoms with Crippen molar-refractivity contribution in [2.24, 2.45) is 16.7 Å². The number of rotatable bonds is 6. The molecule has 0 heterocycles. The second kappa shape index (κ2) is 5.68. The van der Waals surface area contributed by atoms with Gasteiger partial charge in [0.2, 0.25) is 0 Å². The van der Waals surface area contributed by atoms with Crippen LogP contribution in [0, 0.1) is 28.4 Å². The average Bonchev–Trinajstić information content (AvgIpc) is 2.78. The van der Waals surface area contributed by atoms with Crippen LogP contribution in [-0.4, -0.2) is 12.6 Å². The molecule has 1 aromatic rings. The first-order valence-electron chi connectivity index (χ1n) is 7.89. The Morgan fingerprint density at radius 3 is 2.24 bits per heavy atom. The Morgan fingerprint density at radius 2 is 1.76 bits per heavy atom. The van der Waals surface area contributed by atoms with E-state index in [1.54, 1.807) is 6.07 Å². The van der Waals surface area contributed by atoms with Gasteiger partial charge in [-0.15, -0.1) is 0 Å². The van der Waals surface area contributed by atoms with Gasteiger partial charge in [0.1, 0.15) is 11.6 Å². The minimum absolute atomic E-state index is 0.231. The number of halogens is 2. The highest BCUT2D eigenvalue weighted by molar-refractivity contribution is 5.23. The van der Waals surface area contributed by atoms with E-state index in [0.29, 0.717) is 17.9 Å². The molecule has 1 aromatic carbocycles. The van der Waals surface area contributed by atoms with Gasteiger partial charge in [-0.2, -0.15) is 0 Å². The van der Waals surface area contributed by atoms with Crippen LogP contribution in [-0.2, 0) is 6.42 Å². The van der Waals surface area contributed by atoms with Crippen LogP contribution >= 0.6 is 0 Å². The SMILES string of the molecule is CCCNC(Cc1ccc(F)cc1F)C1C(C)(C)C1(C)C. The van der Waals surface area contributed by atoms with Crippen molar-refractivity contribution < 1.29 is 8.78 Å². The van der Waals surface area contributed by atoms with Crippen LogP contribution < -0.4 is 5.32 Å². The molecule has 2 rings (SSSR count). The third-order valence-electron chi connectivity index (χ3n) is 5.65. The molecule has 0 amide bonds. The fourth-order valence-corrected chi connectivity index (χ4v) is 3.82. The molecule has 1 aliphatic rings. The van der Waals surface area contributed by atoms with Crippen LogP contribution in [0.1, 0.15) is 46.6 Å². The highest BCUT2D eigenvalue weighted by Crippen LogP contribution is 2.69. The van der Waals surface area contributed by atoms with E-state index >= 15 is 0 Å². The fraction of sp³-hybridized carbons (Fsp3) is 0.667. The molecule has 0 radical (unpaired) electrons. The van der Waals surface area contributed by atoms with E-state index < -0.39 is 11.6 Å². The van der Waals surface area contributed by atoms with Crippen molar-refractivity contribution >= 4 is 0 Å². The minimum atomic E-state index is -0.513. The van der Waals surface area contributed by atoms with Crippen LogP contribution in [0.3, 0.4) is 0 Å². The third-order valence-corrected chi connectivity index (χ3v) is 5.65. The molecule has 1 fully saturated rings. The first-order valence-corrected chi connectivity index (χ1v) is 7.89. The predicted octanol–water partition coefficient (Wildman–Crippen LogP) is 4.56. The Labute approximate surface area is 127 Å². The zero-order valence-electron chi connectivity index (χ0n) is 13.8. The molecule has 0 spiro atoms. The molecule has 1 N–H and O–H groups in total. The Bertz CT molecular complexity index is 494. The van der Waals surface area contributed by atoms with Crippen LogP contribution in [0.25, 0.3) is 0 Å². The lowest BCUT2D eigenvalue weighted by Crippen LogP contribution is -2.36. The second-order valence-corrected chi connectivity index (χ2v) is 7.42. The van der Waals surface area contributed by atoms with E-state index in [4.69, 9.17) is 0 Å². The van der Waals surface area contributed by atoms with Gasteiger partial charge in [-0.25, -0.2) is 8.78 Å². The molecule has 118 valence electrons. The molecule has 0 aliphatic heterocycles. The standard InChI is InChI=1S/C18H27F2N/c1-6-9-21-15(16-17(2,3)18(16,4)5)10-12-7-8-13(19)11-14(12)20/h7-8,11,15-16,21H,6,9-10H2,1-5H3. The average molecular weight is 295 g/mol. The molecule has 0 aromatic heterocycles. The van der Waals surface area contributed by atoms with Crippen molar-refractivity contribution in [2.45, 2.75) is 53.5 Å². The lowest BCUT2D eigenvalue weighted by Gasteiger charge is -2.21. The lowest BCUT2D eigenvalue weighted by molar-refractivity contribution is 0.390. The Morgan fingerprint density at radius 1 is 1.14 bits per heavy atom. The molecule has 1 nitrogen and oxygen atoms in total. The van der Waals surface area contributed by atoms with Crippen molar-refractivity contribution in [3.05, 3.63) is 35.4 Å². The monoisotopic (exact) mass is 295 g/mol. The van der Waals surface area contributed by atoms with E-state index in [9.17, 15) is 8.78 Å². The van der Waals surface area contributed by atoms with Gasteiger partial charge in [0.15, 0.2) is 0 Å². The summed E-state index contributed by atoms with van der Waals surface area (Å²) in [6, 6.07) is 4.14. The highest BCUT2D eigenvalue weighted by atomic mass is 19.1. The van der Waals surface area contributed by atoms with Gasteiger partial charge in [-0.05, 0) is 47.8 Å². The summed E-state index contributed by atoms with van der Waals surface area (Å²) >= 11 is 0. The van der Waals surface area contributed by atoms with Crippen molar-refractivity contribution in [3.8, 4) is 0 Å². The van der Waals surface area contributed by atoms with Gasteiger partial charge in [0.05, 0.1) is 0 Å². The molecule has 1 saturated carbocycles. The zero-order chi connectivity index (χ0) is 15.8. The van der Waals surface area contributed by atoms with Gasteiger partial charge in [-0.3, -0.25) is 0 Å². The molecule has 0 saturated heterocycles. The minimum Gasteiger partial charge on any atom is -0.313 e. The number of hydrogen-bond acceptors (Lipinski definition) is 1. The molecule has 1 atom stereocenters. The largest absolute Gasteiger partial charge is 0.313 e. The van der Waals surface area contributed by atoms with Gasteiger partial charge < -0.3 is 5.32 Å². The van der Waals surface area contributed by atoms with Crippen molar-refractivity contribution in [3.63, 3.8) is 0 Å². The number of nitrogens with one attached hydrogen (secondary N) is 1. The quantitative estimate of drug-likeness (QED) is 0.811. The molecular formula is C18H27F2N. The Hall–Kier alpha value is -0.960. The van der Waals surface area contributed by atoms with Crippen molar-refractivity contribution in [1.82, 2.24) is 5.32 Å². The summed E-state index contributed by atoms with van der Waals surface area (Å²) in [7, 11) is 0. The van der Waals surface area contributed by atoms with Crippen molar-refractivity contribution in [2.75, 3.05) is 6.54 Å². The molecule has 1 unspecified atom stereocenters. The molecule has 1 aliphatic carbocycles. The van der Waals surface area contributed by atoms with E-state index in [1.165, 1.54) is 6.07 Å². The third kappa shape index (κ3) is 2.98. The van der Waals surface area contributed by atoms with Crippen LogP contribution in [0.5, 0.6) is 0 Å². The molecular weight excluding hydrogens is 268 g/mol. The molecule has 3 heteroatoms. The van der Waals surface area contributed by atoms with Crippen LogP contribution in [0.2, 0.25) is 0 Å². The van der Waals surface area contributed by atoms with Gasteiger partial charge in [0.25, 0.3) is 0 Å². The summed E-state index contributed by atoms with van der Waals surface area (Å²) < 4.78 is 27.0.